The van der Waals surface area contributed by atoms with Crippen LogP contribution in [0.2, 0.25) is 0 Å². The van der Waals surface area contributed by atoms with Crippen LogP contribution in [-0.4, -0.2) is 53.8 Å². The first-order chi connectivity index (χ1) is 13.4. The highest BCUT2D eigenvalue weighted by atomic mass is 32.2. The number of hydrogen-bond donors (Lipinski definition) is 1. The first-order valence-corrected chi connectivity index (χ1v) is 10.9. The minimum Gasteiger partial charge on any atom is -0.358 e. The molecule has 0 fully saturated rings. The minimum atomic E-state index is -3.40. The second-order valence-corrected chi connectivity index (χ2v) is 9.21. The maximum absolute atomic E-state index is 13.1. The molecule has 1 N–H and O–H groups in total. The zero-order chi connectivity index (χ0) is 19.5. The molecular weight excluding hydrogens is 376 g/mol. The molecule has 0 radical (unpaired) electrons. The van der Waals surface area contributed by atoms with Crippen molar-refractivity contribution in [3.05, 3.63) is 58.9 Å². The van der Waals surface area contributed by atoms with E-state index in [1.54, 1.807) is 23.3 Å². The molecule has 1 aromatic carbocycles. The number of benzene rings is 1. The summed E-state index contributed by atoms with van der Waals surface area (Å²) >= 11 is 0. The molecule has 7 nitrogen and oxygen atoms in total. The van der Waals surface area contributed by atoms with E-state index >= 15 is 0 Å². The summed E-state index contributed by atoms with van der Waals surface area (Å²) in [5.74, 6) is 0.289. The van der Waals surface area contributed by atoms with Gasteiger partial charge in [-0.2, -0.15) is 0 Å². The van der Waals surface area contributed by atoms with E-state index in [0.29, 0.717) is 31.0 Å². The monoisotopic (exact) mass is 396 g/mol. The van der Waals surface area contributed by atoms with Crippen molar-refractivity contribution >= 4 is 32.7 Å². The van der Waals surface area contributed by atoms with Crippen LogP contribution >= 0.6 is 0 Å². The Morgan fingerprint density at radius 3 is 2.93 bits per heavy atom. The molecule has 4 heterocycles. The second kappa shape index (κ2) is 6.07. The molecule has 28 heavy (non-hydrogen) atoms. The maximum Gasteiger partial charge on any atom is 0.256 e. The predicted molar refractivity (Wildman–Crippen MR) is 107 cm³/mol. The van der Waals surface area contributed by atoms with Gasteiger partial charge in [-0.3, -0.25) is 4.79 Å². The predicted octanol–water partition coefficient (Wildman–Crippen LogP) is 1.86. The summed E-state index contributed by atoms with van der Waals surface area (Å²) in [6.07, 6.45) is 5.77. The van der Waals surface area contributed by atoms with E-state index in [4.69, 9.17) is 0 Å². The molecule has 1 amide bonds. The maximum atomic E-state index is 13.1. The number of hydrogen-bond acceptors (Lipinski definition) is 4. The summed E-state index contributed by atoms with van der Waals surface area (Å²) in [6.45, 7) is 3.60. The lowest BCUT2D eigenvalue weighted by Crippen LogP contribution is -2.40. The van der Waals surface area contributed by atoms with Gasteiger partial charge in [0.2, 0.25) is 0 Å². The third-order valence-electron chi connectivity index (χ3n) is 5.49. The second-order valence-electron chi connectivity index (χ2n) is 7.45. The normalized spacial score (nSPS) is 20.5. The molecule has 0 saturated heterocycles. The quantitative estimate of drug-likeness (QED) is 0.797. The van der Waals surface area contributed by atoms with Gasteiger partial charge < -0.3 is 14.8 Å². The van der Waals surface area contributed by atoms with Crippen molar-refractivity contribution in [1.29, 1.82) is 0 Å². The number of aromatic nitrogens is 1. The molecule has 5 rings (SSSR count). The molecule has 0 bridgehead atoms. The van der Waals surface area contributed by atoms with Crippen LogP contribution in [0, 0.1) is 6.92 Å². The van der Waals surface area contributed by atoms with Crippen molar-refractivity contribution in [3.8, 4) is 0 Å². The number of amides is 1. The molecule has 8 heteroatoms. The topological polar surface area (TPSA) is 85.8 Å². The van der Waals surface area contributed by atoms with Gasteiger partial charge in [-0.1, -0.05) is 11.6 Å². The van der Waals surface area contributed by atoms with E-state index in [0.717, 1.165) is 11.9 Å². The Labute approximate surface area is 163 Å². The molecule has 0 aliphatic carbocycles. The Morgan fingerprint density at radius 2 is 2.07 bits per heavy atom. The smallest absolute Gasteiger partial charge is 0.256 e. The average molecular weight is 396 g/mol. The van der Waals surface area contributed by atoms with E-state index in [1.807, 2.05) is 4.90 Å². The number of sulfonamides is 1. The lowest BCUT2D eigenvalue weighted by Gasteiger charge is -2.31. The van der Waals surface area contributed by atoms with Crippen LogP contribution in [0.25, 0.3) is 10.9 Å². The Morgan fingerprint density at radius 1 is 1.21 bits per heavy atom. The van der Waals surface area contributed by atoms with Crippen molar-refractivity contribution in [3.63, 3.8) is 0 Å². The van der Waals surface area contributed by atoms with Gasteiger partial charge in [-0.25, -0.2) is 8.42 Å². The van der Waals surface area contributed by atoms with Crippen LogP contribution in [-0.2, 0) is 27.8 Å². The van der Waals surface area contributed by atoms with Gasteiger partial charge in [-0.05, 0) is 31.2 Å². The first kappa shape index (κ1) is 17.2. The zero-order valence-electron chi connectivity index (χ0n) is 15.5. The molecule has 1 aromatic heterocycles. The number of nitrogens with one attached hydrogen (secondary N) is 1. The van der Waals surface area contributed by atoms with Gasteiger partial charge in [0.25, 0.3) is 15.9 Å². The van der Waals surface area contributed by atoms with Crippen molar-refractivity contribution < 1.29 is 13.2 Å². The fourth-order valence-electron chi connectivity index (χ4n) is 4.01. The Kier molecular flexibility index (Phi) is 3.74. The number of carbonyl (C=O) groups is 1. The molecule has 3 aliphatic rings. The highest BCUT2D eigenvalue weighted by Crippen LogP contribution is 2.29. The van der Waals surface area contributed by atoms with Crippen LogP contribution < -0.4 is 0 Å². The highest BCUT2D eigenvalue weighted by molar-refractivity contribution is 7.90. The van der Waals surface area contributed by atoms with E-state index in [2.05, 4.69) is 34.5 Å². The number of aryl methyl sites for hydroxylation is 1. The van der Waals surface area contributed by atoms with E-state index in [-0.39, 0.29) is 11.7 Å². The van der Waals surface area contributed by atoms with Crippen LogP contribution in [0.4, 0.5) is 0 Å². The summed E-state index contributed by atoms with van der Waals surface area (Å²) < 4.78 is 27.0. The highest BCUT2D eigenvalue weighted by Gasteiger charge is 2.29. The lowest BCUT2D eigenvalue weighted by molar-refractivity contribution is -0.127. The van der Waals surface area contributed by atoms with Gasteiger partial charge in [0.1, 0.15) is 5.84 Å². The van der Waals surface area contributed by atoms with Crippen molar-refractivity contribution in [2.75, 3.05) is 18.8 Å². The first-order valence-electron chi connectivity index (χ1n) is 9.28. The summed E-state index contributed by atoms with van der Waals surface area (Å²) in [5.41, 5.74) is 5.25. The van der Waals surface area contributed by atoms with Gasteiger partial charge in [0, 0.05) is 54.4 Å². The van der Waals surface area contributed by atoms with Crippen LogP contribution in [0.15, 0.2) is 46.5 Å². The van der Waals surface area contributed by atoms with Gasteiger partial charge in [0.05, 0.1) is 11.3 Å². The standard InChI is InChI=1S/C20H20N4O3S/c1-13-2-4-17-15(10-13)16-12-24(7-6-18(16)21-17)20(25)14-3-5-19-22-28(26,27)9-8-23(19)11-14/h2-5,10-11,21H,6-9,12H2,1H3. The van der Waals surface area contributed by atoms with Crippen LogP contribution in [0.3, 0.4) is 0 Å². The summed E-state index contributed by atoms with van der Waals surface area (Å²) in [7, 11) is -3.40. The fourth-order valence-corrected chi connectivity index (χ4v) is 4.98. The number of nitrogens with zero attached hydrogens (tertiary/aromatic N) is 3. The number of aromatic amines is 1. The van der Waals surface area contributed by atoms with Crippen molar-refractivity contribution in [2.24, 2.45) is 4.40 Å². The number of fused-ring (bicyclic) bond motifs is 4. The minimum absolute atomic E-state index is 0.0376. The van der Waals surface area contributed by atoms with Gasteiger partial charge >= 0.3 is 0 Å². The fraction of sp³-hybridized carbons (Fsp3) is 0.300. The number of carbonyl (C=O) groups excluding carboxylic acids is 1. The molecule has 0 spiro atoms. The van der Waals surface area contributed by atoms with Crippen LogP contribution in [0.5, 0.6) is 0 Å². The summed E-state index contributed by atoms with van der Waals surface area (Å²) in [6, 6.07) is 6.34. The molecule has 3 aliphatic heterocycles. The van der Waals surface area contributed by atoms with E-state index < -0.39 is 10.0 Å². The third-order valence-corrected chi connectivity index (χ3v) is 6.65. The largest absolute Gasteiger partial charge is 0.358 e. The average Bonchev–Trinajstić information content (AvgIpc) is 3.03. The summed E-state index contributed by atoms with van der Waals surface area (Å²) in [4.78, 5) is 20.2. The molecular formula is C20H20N4O3S. The van der Waals surface area contributed by atoms with Crippen molar-refractivity contribution in [2.45, 2.75) is 19.9 Å². The SMILES string of the molecule is Cc1ccc2[nH]c3c(c2c1)CN(C(=O)C1=CN2CCS(=O)(=O)N=C2C=C1)CC3. The Balaban J connectivity index is 1.42. The van der Waals surface area contributed by atoms with Crippen LogP contribution in [0.1, 0.15) is 16.8 Å². The molecule has 0 atom stereocenters. The molecule has 2 aromatic rings. The molecule has 0 unspecified atom stereocenters. The lowest BCUT2D eigenvalue weighted by atomic mass is 10.0. The number of amidine groups is 1. The summed E-state index contributed by atoms with van der Waals surface area (Å²) in [5, 5.41) is 1.18. The van der Waals surface area contributed by atoms with Gasteiger partial charge in [-0.15, -0.1) is 4.40 Å². The third kappa shape index (κ3) is 2.84. The Hall–Kier alpha value is -2.87. The number of rotatable bonds is 1. The molecule has 144 valence electrons. The van der Waals surface area contributed by atoms with E-state index in [1.165, 1.54) is 22.2 Å². The Bertz CT molecular complexity index is 1200. The van der Waals surface area contributed by atoms with Gasteiger partial charge in [0.15, 0.2) is 0 Å². The zero-order valence-corrected chi connectivity index (χ0v) is 16.3. The van der Waals surface area contributed by atoms with Crippen molar-refractivity contribution in [1.82, 2.24) is 14.8 Å². The van der Waals surface area contributed by atoms with E-state index in [9.17, 15) is 13.2 Å². The molecule has 0 saturated carbocycles. The number of H-pyrrole nitrogens is 1.